The molecule has 1 N–H and O–H groups in total. The highest BCUT2D eigenvalue weighted by atomic mass is 32.2. The van der Waals surface area contributed by atoms with E-state index in [1.807, 2.05) is 29.6 Å². The van der Waals surface area contributed by atoms with E-state index in [4.69, 9.17) is 4.74 Å². The van der Waals surface area contributed by atoms with E-state index in [0.29, 0.717) is 30.4 Å². The van der Waals surface area contributed by atoms with E-state index < -0.39 is 10.0 Å². The maximum absolute atomic E-state index is 13.1. The van der Waals surface area contributed by atoms with Gasteiger partial charge < -0.3 is 14.6 Å². The molecule has 34 heavy (non-hydrogen) atoms. The number of benzene rings is 2. The summed E-state index contributed by atoms with van der Waals surface area (Å²) >= 11 is 1.45. The number of ether oxygens (including phenoxy) is 1. The molecule has 178 valence electrons. The molecule has 0 spiro atoms. The van der Waals surface area contributed by atoms with Gasteiger partial charge in [-0.3, -0.25) is 4.79 Å². The lowest BCUT2D eigenvalue weighted by atomic mass is 10.3. The molecule has 0 bridgehead atoms. The Morgan fingerprint density at radius 3 is 2.62 bits per heavy atom. The second-order valence-electron chi connectivity index (χ2n) is 7.38. The van der Waals surface area contributed by atoms with Gasteiger partial charge in [-0.05, 0) is 30.3 Å². The Hall–Kier alpha value is -3.28. The summed E-state index contributed by atoms with van der Waals surface area (Å²) in [4.78, 5) is 22.2. The lowest BCUT2D eigenvalue weighted by molar-refractivity contribution is -0.116. The number of thiazole rings is 1. The lowest BCUT2D eigenvalue weighted by Crippen LogP contribution is -2.30. The first kappa shape index (κ1) is 23.9. The fraction of sp³-hybridized carbons (Fsp3) is 0.261. The van der Waals surface area contributed by atoms with Crippen LogP contribution in [0.2, 0.25) is 0 Å². The van der Waals surface area contributed by atoms with Crippen LogP contribution in [0.5, 0.6) is 5.75 Å². The van der Waals surface area contributed by atoms with E-state index in [1.165, 1.54) is 34.9 Å². The minimum Gasteiger partial charge on any atom is -0.495 e. The van der Waals surface area contributed by atoms with Crippen LogP contribution in [0.3, 0.4) is 0 Å². The van der Waals surface area contributed by atoms with Crippen LogP contribution in [0.1, 0.15) is 13.8 Å². The summed E-state index contributed by atoms with van der Waals surface area (Å²) in [5, 5.41) is 4.69. The molecule has 0 atom stereocenters. The Morgan fingerprint density at radius 2 is 1.94 bits per heavy atom. The molecule has 0 fully saturated rings. The van der Waals surface area contributed by atoms with Crippen LogP contribution in [0, 0.1) is 0 Å². The number of anilines is 1. The summed E-state index contributed by atoms with van der Waals surface area (Å²) in [5.41, 5.74) is 4.22. The molecule has 0 aliphatic heterocycles. The molecule has 1 amide bonds. The van der Waals surface area contributed by atoms with Gasteiger partial charge in [0.05, 0.1) is 34.2 Å². The van der Waals surface area contributed by atoms with Crippen molar-refractivity contribution in [1.82, 2.24) is 18.8 Å². The van der Waals surface area contributed by atoms with Crippen molar-refractivity contribution in [2.45, 2.75) is 25.3 Å². The standard InChI is InChI=1S/C23H25N5O4S2/c1-4-27(5-2)34(30,31)16-10-11-21(32-3)18(12-16)25-22(29)13-28-20-9-7-6-8-17(20)26-23(28)19-14-33-15-24-19/h6-12,14-15H,4-5,13H2,1-3H3,(H,25,29). The van der Waals surface area contributed by atoms with Crippen LogP contribution in [0.15, 0.2) is 58.3 Å². The van der Waals surface area contributed by atoms with E-state index in [-0.39, 0.29) is 23.0 Å². The van der Waals surface area contributed by atoms with E-state index in [0.717, 1.165) is 11.0 Å². The van der Waals surface area contributed by atoms with Crippen LogP contribution >= 0.6 is 11.3 Å². The summed E-state index contributed by atoms with van der Waals surface area (Å²) in [5.74, 6) is 0.597. The minimum atomic E-state index is -3.70. The maximum atomic E-state index is 13.1. The second-order valence-corrected chi connectivity index (χ2v) is 10.0. The fourth-order valence-corrected chi connectivity index (χ4v) is 5.76. The maximum Gasteiger partial charge on any atom is 0.244 e. The van der Waals surface area contributed by atoms with Crippen molar-refractivity contribution in [3.05, 3.63) is 53.4 Å². The molecule has 4 rings (SSSR count). The molecule has 9 nitrogen and oxygen atoms in total. The zero-order chi connectivity index (χ0) is 24.3. The largest absolute Gasteiger partial charge is 0.495 e. The van der Waals surface area contributed by atoms with E-state index >= 15 is 0 Å². The summed E-state index contributed by atoms with van der Waals surface area (Å²) in [6, 6.07) is 12.0. The first-order chi connectivity index (χ1) is 16.4. The molecule has 11 heteroatoms. The number of sulfonamides is 1. The predicted molar refractivity (Wildman–Crippen MR) is 133 cm³/mol. The average Bonchev–Trinajstić information content (AvgIpc) is 3.48. The number of hydrogen-bond donors (Lipinski definition) is 1. The second kappa shape index (κ2) is 9.92. The molecule has 2 aromatic heterocycles. The third-order valence-corrected chi connectivity index (χ3v) is 8.04. The summed E-state index contributed by atoms with van der Waals surface area (Å²) in [6.07, 6.45) is 0. The minimum absolute atomic E-state index is 0.0381. The first-order valence-corrected chi connectivity index (χ1v) is 13.1. The van der Waals surface area contributed by atoms with E-state index in [1.54, 1.807) is 30.0 Å². The van der Waals surface area contributed by atoms with Crippen LogP contribution in [0.4, 0.5) is 5.69 Å². The smallest absolute Gasteiger partial charge is 0.244 e. The summed E-state index contributed by atoms with van der Waals surface area (Å²) < 4.78 is 34.4. The topological polar surface area (TPSA) is 106 Å². The molecule has 0 saturated heterocycles. The Kier molecular flexibility index (Phi) is 6.96. The average molecular weight is 500 g/mol. The van der Waals surface area contributed by atoms with Gasteiger partial charge in [-0.25, -0.2) is 18.4 Å². The number of amides is 1. The number of methoxy groups -OCH3 is 1. The normalized spacial score (nSPS) is 11.8. The number of carbonyl (C=O) groups is 1. The van der Waals surface area contributed by atoms with Crippen LogP contribution in [0.25, 0.3) is 22.6 Å². The number of nitrogens with zero attached hydrogens (tertiary/aromatic N) is 4. The zero-order valence-electron chi connectivity index (χ0n) is 19.1. The molecule has 2 heterocycles. The Bertz CT molecular complexity index is 1410. The number of nitrogens with one attached hydrogen (secondary N) is 1. The number of hydrogen-bond acceptors (Lipinski definition) is 7. The fourth-order valence-electron chi connectivity index (χ4n) is 3.75. The van der Waals surface area contributed by atoms with Gasteiger partial charge >= 0.3 is 0 Å². The number of para-hydroxylation sites is 2. The summed E-state index contributed by atoms with van der Waals surface area (Å²) in [7, 11) is -2.23. The lowest BCUT2D eigenvalue weighted by Gasteiger charge is -2.19. The molecule has 0 unspecified atom stereocenters. The van der Waals surface area contributed by atoms with Gasteiger partial charge in [0.25, 0.3) is 0 Å². The van der Waals surface area contributed by atoms with Crippen LogP contribution in [-0.4, -0.2) is 53.4 Å². The van der Waals surface area contributed by atoms with Crippen molar-refractivity contribution in [2.75, 3.05) is 25.5 Å². The highest BCUT2D eigenvalue weighted by Crippen LogP contribution is 2.30. The highest BCUT2D eigenvalue weighted by molar-refractivity contribution is 7.89. The molecule has 0 aliphatic carbocycles. The first-order valence-electron chi connectivity index (χ1n) is 10.7. The highest BCUT2D eigenvalue weighted by Gasteiger charge is 2.24. The quantitative estimate of drug-likeness (QED) is 0.375. The Morgan fingerprint density at radius 1 is 1.18 bits per heavy atom. The van der Waals surface area contributed by atoms with Gasteiger partial charge in [-0.15, -0.1) is 11.3 Å². The predicted octanol–water partition coefficient (Wildman–Crippen LogP) is 3.84. The number of imidazole rings is 1. The SMILES string of the molecule is CCN(CC)S(=O)(=O)c1ccc(OC)c(NC(=O)Cn2c(-c3cscn3)nc3ccccc32)c1. The van der Waals surface area contributed by atoms with Gasteiger partial charge in [0.1, 0.15) is 18.0 Å². The van der Waals surface area contributed by atoms with Gasteiger partial charge in [-0.1, -0.05) is 26.0 Å². The number of aromatic nitrogens is 3. The van der Waals surface area contributed by atoms with Crippen molar-refractivity contribution < 1.29 is 17.9 Å². The molecule has 4 aromatic rings. The van der Waals surface area contributed by atoms with Crippen LogP contribution < -0.4 is 10.1 Å². The number of rotatable bonds is 9. The van der Waals surface area contributed by atoms with E-state index in [2.05, 4.69) is 15.3 Å². The molecular weight excluding hydrogens is 474 g/mol. The third kappa shape index (κ3) is 4.54. The van der Waals surface area contributed by atoms with E-state index in [9.17, 15) is 13.2 Å². The van der Waals surface area contributed by atoms with Crippen molar-refractivity contribution in [2.24, 2.45) is 0 Å². The molecule has 0 aliphatic rings. The van der Waals surface area contributed by atoms with Gasteiger partial charge in [-0.2, -0.15) is 4.31 Å². The molecular formula is C23H25N5O4S2. The zero-order valence-corrected chi connectivity index (χ0v) is 20.7. The van der Waals surface area contributed by atoms with Crippen LogP contribution in [-0.2, 0) is 21.4 Å². The van der Waals surface area contributed by atoms with Gasteiger partial charge in [0.2, 0.25) is 15.9 Å². The van der Waals surface area contributed by atoms with Crippen molar-refractivity contribution in [1.29, 1.82) is 0 Å². The Labute approximate surface area is 202 Å². The molecule has 0 radical (unpaired) electrons. The number of carbonyl (C=O) groups excluding carboxylic acids is 1. The summed E-state index contributed by atoms with van der Waals surface area (Å²) in [6.45, 7) is 4.22. The molecule has 2 aromatic carbocycles. The van der Waals surface area contributed by atoms with Gasteiger partial charge in [0.15, 0.2) is 5.82 Å². The van der Waals surface area contributed by atoms with Crippen molar-refractivity contribution in [3.63, 3.8) is 0 Å². The number of fused-ring (bicyclic) bond motifs is 1. The monoisotopic (exact) mass is 499 g/mol. The van der Waals surface area contributed by atoms with Crippen molar-refractivity contribution in [3.8, 4) is 17.3 Å². The van der Waals surface area contributed by atoms with Crippen molar-refractivity contribution >= 4 is 44.0 Å². The Balaban J connectivity index is 1.67. The van der Waals surface area contributed by atoms with Gasteiger partial charge in [0, 0.05) is 18.5 Å². The third-order valence-electron chi connectivity index (χ3n) is 5.41. The molecule has 0 saturated carbocycles.